The third-order valence-electron chi connectivity index (χ3n) is 5.90. The molecule has 2 aliphatic carbocycles. The molecular formula is C21H36O2S. The first-order chi connectivity index (χ1) is 11.7. The molecule has 0 aliphatic heterocycles. The predicted octanol–water partition coefficient (Wildman–Crippen LogP) is 6.31. The first-order valence-electron chi connectivity index (χ1n) is 10.2. The Morgan fingerprint density at radius 1 is 1.08 bits per heavy atom. The van der Waals surface area contributed by atoms with E-state index in [0.29, 0.717) is 6.42 Å². The van der Waals surface area contributed by atoms with E-state index >= 15 is 0 Å². The maximum atomic E-state index is 10.5. The number of rotatable bonds is 13. The molecule has 2 nitrogen and oxygen atoms in total. The van der Waals surface area contributed by atoms with Gasteiger partial charge in [-0.3, -0.25) is 4.79 Å². The zero-order chi connectivity index (χ0) is 17.2. The summed E-state index contributed by atoms with van der Waals surface area (Å²) in [6.45, 7) is 2.28. The van der Waals surface area contributed by atoms with Gasteiger partial charge in [0.05, 0.1) is 0 Å². The Kier molecular flexibility index (Phi) is 9.30. The van der Waals surface area contributed by atoms with Gasteiger partial charge >= 0.3 is 5.97 Å². The molecule has 0 saturated heterocycles. The maximum Gasteiger partial charge on any atom is 0.303 e. The molecule has 0 aromatic carbocycles. The number of thioether (sulfide) groups is 1. The van der Waals surface area contributed by atoms with Crippen molar-refractivity contribution in [1.82, 2.24) is 0 Å². The number of hydrogen-bond acceptors (Lipinski definition) is 2. The molecule has 0 aromatic rings. The molecule has 0 spiro atoms. The lowest BCUT2D eigenvalue weighted by atomic mass is 9.86. The summed E-state index contributed by atoms with van der Waals surface area (Å²) in [4.78, 5) is 10.5. The summed E-state index contributed by atoms with van der Waals surface area (Å²) in [5, 5.41) is 9.57. The molecule has 1 N–H and O–H groups in total. The molecule has 2 bridgehead atoms. The molecule has 0 amide bonds. The smallest absolute Gasteiger partial charge is 0.303 e. The van der Waals surface area contributed by atoms with Gasteiger partial charge in [-0.1, -0.05) is 44.8 Å². The molecule has 4 atom stereocenters. The molecule has 24 heavy (non-hydrogen) atoms. The van der Waals surface area contributed by atoms with E-state index in [1.54, 1.807) is 0 Å². The highest BCUT2D eigenvalue weighted by atomic mass is 32.2. The Hall–Kier alpha value is -0.440. The minimum atomic E-state index is -0.674. The van der Waals surface area contributed by atoms with Crippen LogP contribution in [0, 0.1) is 17.8 Å². The van der Waals surface area contributed by atoms with Crippen molar-refractivity contribution < 1.29 is 9.90 Å². The largest absolute Gasteiger partial charge is 0.481 e. The normalized spacial score (nSPS) is 28.9. The van der Waals surface area contributed by atoms with Gasteiger partial charge in [0, 0.05) is 11.7 Å². The van der Waals surface area contributed by atoms with Crippen molar-refractivity contribution in [2.75, 3.05) is 5.75 Å². The van der Waals surface area contributed by atoms with E-state index in [1.165, 1.54) is 63.5 Å². The zero-order valence-electron chi connectivity index (χ0n) is 15.4. The summed E-state index contributed by atoms with van der Waals surface area (Å²) in [7, 11) is 0. The molecule has 0 radical (unpaired) electrons. The van der Waals surface area contributed by atoms with Crippen LogP contribution < -0.4 is 0 Å². The molecular weight excluding hydrogens is 316 g/mol. The minimum absolute atomic E-state index is 0.301. The Balaban J connectivity index is 1.65. The molecule has 2 aliphatic rings. The fourth-order valence-electron chi connectivity index (χ4n) is 4.61. The van der Waals surface area contributed by atoms with Crippen LogP contribution in [0.2, 0.25) is 0 Å². The number of carboxylic acid groups (broad SMARTS) is 1. The van der Waals surface area contributed by atoms with Crippen molar-refractivity contribution in [3.05, 3.63) is 12.2 Å². The number of unbranched alkanes of at least 4 members (excludes halogenated alkanes) is 5. The molecule has 0 aromatic heterocycles. The van der Waals surface area contributed by atoms with Crippen LogP contribution in [0.1, 0.15) is 84.0 Å². The molecule has 0 unspecified atom stereocenters. The average molecular weight is 353 g/mol. The minimum Gasteiger partial charge on any atom is -0.481 e. The number of allylic oxidation sites excluding steroid dienone is 2. The number of carbonyl (C=O) groups is 1. The first kappa shape index (κ1) is 19.9. The topological polar surface area (TPSA) is 37.3 Å². The van der Waals surface area contributed by atoms with Crippen LogP contribution in [-0.4, -0.2) is 22.1 Å². The standard InChI is InChI=1S/C21H36O2S/c1-2-3-4-7-10-15-24-21-18-14-13-17(16-18)19(21)11-8-5-6-9-12-20(22)23/h5,8,17-19,21H,2-4,6-7,9-16H2,1H3,(H,22,23)/b8-5-/t17-,18+,19-,21+/m1/s1. The third-order valence-corrected chi connectivity index (χ3v) is 7.54. The van der Waals surface area contributed by atoms with Crippen LogP contribution in [-0.2, 0) is 4.79 Å². The lowest BCUT2D eigenvalue weighted by Gasteiger charge is -2.30. The van der Waals surface area contributed by atoms with Crippen LogP contribution in [0.4, 0.5) is 0 Å². The van der Waals surface area contributed by atoms with Gasteiger partial charge in [0.2, 0.25) is 0 Å². The van der Waals surface area contributed by atoms with Crippen molar-refractivity contribution in [3.63, 3.8) is 0 Å². The van der Waals surface area contributed by atoms with Gasteiger partial charge in [0.25, 0.3) is 0 Å². The van der Waals surface area contributed by atoms with Gasteiger partial charge in [0.15, 0.2) is 0 Å². The highest BCUT2D eigenvalue weighted by molar-refractivity contribution is 7.99. The van der Waals surface area contributed by atoms with Crippen LogP contribution >= 0.6 is 11.8 Å². The summed E-state index contributed by atoms with van der Waals surface area (Å²) in [5.41, 5.74) is 0. The monoisotopic (exact) mass is 352 g/mol. The SMILES string of the molecule is CCCCCCCS[C@H]1[C@H]2CC[C@H](C2)[C@H]1C/C=C\CCCC(=O)O. The van der Waals surface area contributed by atoms with E-state index in [-0.39, 0.29) is 0 Å². The highest BCUT2D eigenvalue weighted by Crippen LogP contribution is 2.54. The molecule has 2 fully saturated rings. The van der Waals surface area contributed by atoms with E-state index in [0.717, 1.165) is 35.8 Å². The van der Waals surface area contributed by atoms with Crippen LogP contribution in [0.3, 0.4) is 0 Å². The summed E-state index contributed by atoms with van der Waals surface area (Å²) >= 11 is 2.27. The van der Waals surface area contributed by atoms with Gasteiger partial charge in [-0.25, -0.2) is 0 Å². The number of aliphatic carboxylic acids is 1. The second-order valence-electron chi connectivity index (χ2n) is 7.74. The maximum absolute atomic E-state index is 10.5. The number of fused-ring (bicyclic) bond motifs is 2. The molecule has 2 rings (SSSR count). The fourth-order valence-corrected chi connectivity index (χ4v) is 6.35. The average Bonchev–Trinajstić information content (AvgIpc) is 3.15. The Labute approximate surface area is 152 Å². The summed E-state index contributed by atoms with van der Waals surface area (Å²) in [6, 6.07) is 0. The van der Waals surface area contributed by atoms with Crippen molar-refractivity contribution in [2.24, 2.45) is 17.8 Å². The van der Waals surface area contributed by atoms with Crippen LogP contribution in [0.25, 0.3) is 0 Å². The van der Waals surface area contributed by atoms with Crippen molar-refractivity contribution in [1.29, 1.82) is 0 Å². The number of hydrogen-bond donors (Lipinski definition) is 1. The van der Waals surface area contributed by atoms with Gasteiger partial charge in [-0.05, 0) is 68.5 Å². The highest BCUT2D eigenvalue weighted by Gasteiger charge is 2.46. The van der Waals surface area contributed by atoms with E-state index in [1.807, 2.05) is 0 Å². The van der Waals surface area contributed by atoms with E-state index in [2.05, 4.69) is 30.8 Å². The Morgan fingerprint density at radius 2 is 1.88 bits per heavy atom. The molecule has 3 heteroatoms. The van der Waals surface area contributed by atoms with E-state index < -0.39 is 5.97 Å². The zero-order valence-corrected chi connectivity index (χ0v) is 16.2. The molecule has 138 valence electrons. The molecule has 0 heterocycles. The lowest BCUT2D eigenvalue weighted by molar-refractivity contribution is -0.137. The summed E-state index contributed by atoms with van der Waals surface area (Å²) in [5.74, 6) is 3.53. The number of carboxylic acids is 1. The quantitative estimate of drug-likeness (QED) is 0.312. The Morgan fingerprint density at radius 3 is 2.67 bits per heavy atom. The summed E-state index contributed by atoms with van der Waals surface area (Å²) in [6.07, 6.45) is 19.1. The third kappa shape index (κ3) is 6.46. The van der Waals surface area contributed by atoms with Crippen LogP contribution in [0.5, 0.6) is 0 Å². The Bertz CT molecular complexity index is 393. The van der Waals surface area contributed by atoms with Gasteiger partial charge < -0.3 is 5.11 Å². The second kappa shape index (κ2) is 11.2. The summed E-state index contributed by atoms with van der Waals surface area (Å²) < 4.78 is 0. The van der Waals surface area contributed by atoms with Gasteiger partial charge in [0.1, 0.15) is 0 Å². The van der Waals surface area contributed by atoms with E-state index in [9.17, 15) is 4.79 Å². The van der Waals surface area contributed by atoms with E-state index in [4.69, 9.17) is 5.11 Å². The second-order valence-corrected chi connectivity index (χ2v) is 9.03. The fraction of sp³-hybridized carbons (Fsp3) is 0.857. The van der Waals surface area contributed by atoms with Crippen LogP contribution in [0.15, 0.2) is 12.2 Å². The van der Waals surface area contributed by atoms with Gasteiger partial charge in [-0.2, -0.15) is 11.8 Å². The van der Waals surface area contributed by atoms with Gasteiger partial charge in [-0.15, -0.1) is 0 Å². The first-order valence-corrected chi connectivity index (χ1v) is 11.3. The molecule has 2 saturated carbocycles. The van der Waals surface area contributed by atoms with Crippen molar-refractivity contribution in [2.45, 2.75) is 89.2 Å². The predicted molar refractivity (Wildman–Crippen MR) is 105 cm³/mol. The van der Waals surface area contributed by atoms with Crippen molar-refractivity contribution >= 4 is 17.7 Å². The van der Waals surface area contributed by atoms with Crippen molar-refractivity contribution in [3.8, 4) is 0 Å². The lowest BCUT2D eigenvalue weighted by Crippen LogP contribution is -2.24.